The Morgan fingerprint density at radius 2 is 1.17 bits per heavy atom. The zero-order valence-corrected chi connectivity index (χ0v) is 6.20. The fourth-order valence-corrected chi connectivity index (χ4v) is 0. The smallest absolute Gasteiger partial charge is 1.00 e. The van der Waals surface area contributed by atoms with Crippen LogP contribution in [0.5, 0.6) is 0 Å². The summed E-state index contributed by atoms with van der Waals surface area (Å²) in [5.41, 5.74) is 0. The summed E-state index contributed by atoms with van der Waals surface area (Å²) < 4.78 is 1.34. The van der Waals surface area contributed by atoms with Crippen molar-refractivity contribution in [1.29, 1.82) is 0 Å². The summed E-state index contributed by atoms with van der Waals surface area (Å²) in [7, 11) is 0. The fraction of sp³-hybridized carbons (Fsp3) is 1.00. The summed E-state index contributed by atoms with van der Waals surface area (Å²) in [6.45, 7) is 2.16. The largest absolute Gasteiger partial charge is 1.00 e. The van der Waals surface area contributed by atoms with Gasteiger partial charge in [0.2, 0.25) is 0 Å². The van der Waals surface area contributed by atoms with Crippen molar-refractivity contribution in [3.05, 3.63) is 0 Å². The van der Waals surface area contributed by atoms with E-state index in [1.807, 2.05) is 0 Å². The molecule has 38 valence electrons. The molecule has 0 nitrogen and oxygen atoms in total. The van der Waals surface area contributed by atoms with E-state index in [0.29, 0.717) is 0 Å². The van der Waals surface area contributed by atoms with E-state index in [9.17, 15) is 0 Å². The quantitative estimate of drug-likeness (QED) is 0.344. The van der Waals surface area contributed by atoms with Crippen molar-refractivity contribution in [2.75, 3.05) is 0 Å². The first-order valence-corrected chi connectivity index (χ1v) is 3.08. The van der Waals surface area contributed by atoms with Crippen LogP contribution in [0.1, 0.15) is 6.92 Å². The Morgan fingerprint density at radius 3 is 1.17 bits per heavy atom. The molecule has 0 aliphatic carbocycles. The Kier molecular flexibility index (Phi) is 239. The minimum Gasteiger partial charge on any atom is -1.00 e. The molecule has 0 saturated carbocycles. The van der Waals surface area contributed by atoms with Crippen LogP contribution in [0.3, 0.4) is 0 Å². The number of halogens is 3. The summed E-state index contributed by atoms with van der Waals surface area (Å²) in [5.74, 6) is 0. The third-order valence-electron chi connectivity index (χ3n) is 0. The monoisotopic (exact) mass is 206 g/mol. The normalized spacial score (nSPS) is 3.17. The van der Waals surface area contributed by atoms with E-state index in [2.05, 4.69) is 6.92 Å². The van der Waals surface area contributed by atoms with Crippen LogP contribution >= 0.6 is 0 Å². The van der Waals surface area contributed by atoms with Crippen LogP contribution in [0.2, 0.25) is 4.44 Å². The van der Waals surface area contributed by atoms with Gasteiger partial charge in [0.05, 0.1) is 0 Å². The molecule has 0 aromatic rings. The zero-order valence-electron chi connectivity index (χ0n) is 3.34. The van der Waals surface area contributed by atoms with Gasteiger partial charge in [-0.25, -0.2) is 0 Å². The molecule has 4 heteroatoms. The van der Waals surface area contributed by atoms with Gasteiger partial charge in [-0.05, 0) is 0 Å². The van der Waals surface area contributed by atoms with E-state index in [4.69, 9.17) is 0 Å². The van der Waals surface area contributed by atoms with Crippen LogP contribution in [0.4, 0.5) is 0 Å². The van der Waals surface area contributed by atoms with Crippen LogP contribution in [0.25, 0.3) is 0 Å². The molecule has 0 saturated heterocycles. The predicted molar refractivity (Wildman–Crippen MR) is 16.2 cm³/mol. The van der Waals surface area contributed by atoms with Crippen LogP contribution in [-0.4, -0.2) is 22.5 Å². The van der Waals surface area contributed by atoms with E-state index in [-0.39, 0.29) is 14.1 Å². The van der Waals surface area contributed by atoms with Crippen molar-refractivity contribution < 1.29 is 14.1 Å². The average molecular weight is 205 g/mol. The minimum atomic E-state index is 0. The van der Waals surface area contributed by atoms with Gasteiger partial charge in [0.15, 0.2) is 0 Å². The first-order valence-electron chi connectivity index (χ1n) is 1.06. The third kappa shape index (κ3) is 171. The van der Waals surface area contributed by atoms with Crippen molar-refractivity contribution in [2.45, 2.75) is 11.4 Å². The standard InChI is InChI=1S/C2H5.3FH.Sn/c1-2;;;;/h1H2,2H3;3*1H;/q;;;;+3/p-3. The van der Waals surface area contributed by atoms with E-state index in [1.54, 1.807) is 22.5 Å². The molecule has 0 radical (unpaired) electrons. The topological polar surface area (TPSA) is 0 Å². The summed E-state index contributed by atoms with van der Waals surface area (Å²) in [5, 5.41) is 0. The van der Waals surface area contributed by atoms with Crippen LogP contribution in [0, 0.1) is 0 Å². The Labute approximate surface area is 48.5 Å². The van der Waals surface area contributed by atoms with Gasteiger partial charge in [0.1, 0.15) is 0 Å². The van der Waals surface area contributed by atoms with Gasteiger partial charge in [-0.2, -0.15) is 0 Å². The molecule has 0 heterocycles. The molecule has 0 spiro atoms. The minimum absolute atomic E-state index is 0. The van der Waals surface area contributed by atoms with Gasteiger partial charge in [-0.1, -0.05) is 0 Å². The Bertz CT molecular complexity index is 8.75. The van der Waals surface area contributed by atoms with E-state index >= 15 is 0 Å². The molecule has 0 fully saturated rings. The van der Waals surface area contributed by atoms with Gasteiger partial charge < -0.3 is 14.1 Å². The van der Waals surface area contributed by atoms with E-state index < -0.39 is 0 Å². The summed E-state index contributed by atoms with van der Waals surface area (Å²) >= 11 is 1.64. The van der Waals surface area contributed by atoms with Crippen molar-refractivity contribution in [2.24, 2.45) is 0 Å². The third-order valence-corrected chi connectivity index (χ3v) is 0. The zero-order chi connectivity index (χ0) is 2.71. The first-order chi connectivity index (χ1) is 1.41. The molecule has 0 aromatic carbocycles. The maximum atomic E-state index is 2.16. The van der Waals surface area contributed by atoms with Crippen LogP contribution < -0.4 is 14.1 Å². The maximum absolute atomic E-state index is 2.16. The molecule has 0 unspecified atom stereocenters. The SMILES string of the molecule is C[CH2][Sn+3].[F-].[F-].[F-]. The molecular formula is C2H5F3Sn. The number of hydrogen-bond donors (Lipinski definition) is 0. The van der Waals surface area contributed by atoms with Gasteiger partial charge >= 0.3 is 33.9 Å². The Balaban J connectivity index is -0.00000000667. The van der Waals surface area contributed by atoms with Gasteiger partial charge in [-0.3, -0.25) is 0 Å². The first kappa shape index (κ1) is 30.7. The van der Waals surface area contributed by atoms with Gasteiger partial charge in [-0.15, -0.1) is 0 Å². The summed E-state index contributed by atoms with van der Waals surface area (Å²) in [6, 6.07) is 0. The second kappa shape index (κ2) is 46.6. The maximum Gasteiger partial charge on any atom is -1.00 e. The molecule has 0 aliphatic rings. The predicted octanol–water partition coefficient (Wildman–Crippen LogP) is -8.39. The molecule has 0 bridgehead atoms. The van der Waals surface area contributed by atoms with Gasteiger partial charge in [0, 0.05) is 0 Å². The Hall–Kier alpha value is 0.589. The summed E-state index contributed by atoms with van der Waals surface area (Å²) in [6.07, 6.45) is 0. The summed E-state index contributed by atoms with van der Waals surface area (Å²) in [4.78, 5) is 0. The molecule has 0 aromatic heterocycles. The second-order valence-corrected chi connectivity index (χ2v) is 2.37. The van der Waals surface area contributed by atoms with Crippen molar-refractivity contribution in [3.8, 4) is 0 Å². The van der Waals surface area contributed by atoms with E-state index in [1.165, 1.54) is 4.44 Å². The number of hydrogen-bond acceptors (Lipinski definition) is 0. The second-order valence-electron chi connectivity index (χ2n) is 0.354. The van der Waals surface area contributed by atoms with Crippen molar-refractivity contribution in [1.82, 2.24) is 0 Å². The van der Waals surface area contributed by atoms with Crippen LogP contribution in [-0.2, 0) is 0 Å². The number of rotatable bonds is 0. The fourth-order valence-electron chi connectivity index (χ4n) is 0. The van der Waals surface area contributed by atoms with Crippen molar-refractivity contribution >= 4 is 22.5 Å². The van der Waals surface area contributed by atoms with Crippen LogP contribution in [0.15, 0.2) is 0 Å². The molecule has 6 heavy (non-hydrogen) atoms. The molecule has 0 amide bonds. The molecule has 0 N–H and O–H groups in total. The van der Waals surface area contributed by atoms with E-state index in [0.717, 1.165) is 0 Å². The molecule has 0 rings (SSSR count). The van der Waals surface area contributed by atoms with Gasteiger partial charge in [0.25, 0.3) is 0 Å². The molecule has 0 aliphatic heterocycles. The Morgan fingerprint density at radius 1 is 1.17 bits per heavy atom. The van der Waals surface area contributed by atoms with Crippen molar-refractivity contribution in [3.63, 3.8) is 0 Å². The average Bonchev–Trinajstić information content (AvgIpc) is 0.918. The molecule has 0 atom stereocenters. The molecular weight excluding hydrogens is 200 g/mol.